The first-order chi connectivity index (χ1) is 9.79. The van der Waals surface area contributed by atoms with E-state index >= 15 is 0 Å². The number of benzene rings is 1. The third-order valence-corrected chi connectivity index (χ3v) is 2.96. The molecule has 3 N–H and O–H groups in total. The van der Waals surface area contributed by atoms with Crippen LogP contribution in [0.1, 0.15) is 36.0 Å². The predicted molar refractivity (Wildman–Crippen MR) is 79.3 cm³/mol. The molecule has 1 rings (SSSR count). The molecule has 0 aliphatic carbocycles. The smallest absolute Gasteiger partial charge is 0.325 e. The van der Waals surface area contributed by atoms with Crippen LogP contribution in [0.4, 0.5) is 10.5 Å². The summed E-state index contributed by atoms with van der Waals surface area (Å²) in [6, 6.07) is 3.28. The van der Waals surface area contributed by atoms with Crippen molar-refractivity contribution in [3.8, 4) is 0 Å². The molecule has 0 aliphatic heterocycles. The van der Waals surface area contributed by atoms with Crippen LogP contribution in [0, 0.1) is 20.8 Å². The monoisotopic (exact) mass is 292 g/mol. The Morgan fingerprint density at radius 2 is 1.62 bits per heavy atom. The van der Waals surface area contributed by atoms with Gasteiger partial charge in [0.25, 0.3) is 0 Å². The normalized spacial score (nSPS) is 10.0. The van der Waals surface area contributed by atoms with Crippen molar-refractivity contribution in [1.29, 1.82) is 0 Å². The highest BCUT2D eigenvalue weighted by molar-refractivity contribution is 6.01. The number of hydrogen-bond donors (Lipinski definition) is 3. The van der Waals surface area contributed by atoms with Crippen molar-refractivity contribution >= 4 is 23.6 Å². The molecule has 6 heteroatoms. The molecule has 0 aliphatic rings. The van der Waals surface area contributed by atoms with Crippen molar-refractivity contribution in [2.24, 2.45) is 0 Å². The Balaban J connectivity index is 2.54. The number of nitrogens with one attached hydrogen (secondary N) is 2. The first-order valence-electron chi connectivity index (χ1n) is 6.70. The van der Waals surface area contributed by atoms with Crippen molar-refractivity contribution in [1.82, 2.24) is 5.32 Å². The van der Waals surface area contributed by atoms with Gasteiger partial charge in [0, 0.05) is 18.5 Å². The first-order valence-corrected chi connectivity index (χ1v) is 6.70. The number of amides is 3. The molecule has 0 unspecified atom stereocenters. The van der Waals surface area contributed by atoms with Crippen LogP contribution in [-0.4, -0.2) is 23.0 Å². The Labute approximate surface area is 123 Å². The van der Waals surface area contributed by atoms with Crippen molar-refractivity contribution in [3.63, 3.8) is 0 Å². The van der Waals surface area contributed by atoms with Crippen molar-refractivity contribution in [3.05, 3.63) is 28.8 Å². The van der Waals surface area contributed by atoms with Crippen LogP contribution in [-0.2, 0) is 9.59 Å². The summed E-state index contributed by atoms with van der Waals surface area (Å²) >= 11 is 0. The molecule has 21 heavy (non-hydrogen) atoms. The van der Waals surface area contributed by atoms with E-state index in [-0.39, 0.29) is 19.3 Å². The average Bonchev–Trinajstić information content (AvgIpc) is 2.33. The molecule has 0 radical (unpaired) electrons. The maximum Gasteiger partial charge on any atom is 0.325 e. The largest absolute Gasteiger partial charge is 0.481 e. The Morgan fingerprint density at radius 1 is 1.05 bits per heavy atom. The van der Waals surface area contributed by atoms with Gasteiger partial charge in [0.2, 0.25) is 5.91 Å². The minimum atomic E-state index is -0.960. The number of carbonyl (C=O) groups is 3. The van der Waals surface area contributed by atoms with Gasteiger partial charge in [-0.25, -0.2) is 4.79 Å². The molecular formula is C15H20N2O4. The Hall–Kier alpha value is -2.37. The molecule has 0 aromatic heterocycles. The van der Waals surface area contributed by atoms with Crippen LogP contribution in [0.5, 0.6) is 0 Å². The van der Waals surface area contributed by atoms with Gasteiger partial charge in [-0.3, -0.25) is 14.9 Å². The van der Waals surface area contributed by atoms with E-state index in [0.717, 1.165) is 16.7 Å². The lowest BCUT2D eigenvalue weighted by molar-refractivity contribution is -0.137. The summed E-state index contributed by atoms with van der Waals surface area (Å²) in [5.41, 5.74) is 3.61. The topological polar surface area (TPSA) is 95.5 Å². The van der Waals surface area contributed by atoms with Gasteiger partial charge in [0.15, 0.2) is 0 Å². The molecule has 114 valence electrons. The van der Waals surface area contributed by atoms with E-state index in [1.165, 1.54) is 0 Å². The lowest BCUT2D eigenvalue weighted by Gasteiger charge is -2.13. The molecule has 0 bridgehead atoms. The molecule has 1 aromatic carbocycles. The van der Waals surface area contributed by atoms with E-state index in [1.807, 2.05) is 32.9 Å². The zero-order valence-electron chi connectivity index (χ0n) is 12.4. The predicted octanol–water partition coefficient (Wildman–Crippen LogP) is 2.51. The Morgan fingerprint density at radius 3 is 2.14 bits per heavy atom. The van der Waals surface area contributed by atoms with Crippen LogP contribution in [0.2, 0.25) is 0 Å². The highest BCUT2D eigenvalue weighted by Gasteiger charge is 2.11. The fourth-order valence-corrected chi connectivity index (χ4v) is 2.11. The summed E-state index contributed by atoms with van der Waals surface area (Å²) in [4.78, 5) is 33.6. The van der Waals surface area contributed by atoms with E-state index in [0.29, 0.717) is 5.69 Å². The summed E-state index contributed by atoms with van der Waals surface area (Å²) in [6.07, 6.45) is 0.119. The molecule has 0 heterocycles. The van der Waals surface area contributed by atoms with E-state index < -0.39 is 17.9 Å². The number of hydrogen-bond acceptors (Lipinski definition) is 3. The van der Waals surface area contributed by atoms with Crippen LogP contribution >= 0.6 is 0 Å². The maximum absolute atomic E-state index is 11.7. The van der Waals surface area contributed by atoms with Crippen molar-refractivity contribution in [2.75, 3.05) is 5.32 Å². The average molecular weight is 292 g/mol. The second kappa shape index (κ2) is 7.42. The number of urea groups is 1. The standard InChI is InChI=1S/C15H20N2O4/c1-9-7-10(2)14(11(3)8-9)17-15(21)16-12(18)5-4-6-13(19)20/h7-8H,4-6H2,1-3H3,(H,19,20)(H2,16,17,18,21). The van der Waals surface area contributed by atoms with Gasteiger partial charge >= 0.3 is 12.0 Å². The van der Waals surface area contributed by atoms with Gasteiger partial charge < -0.3 is 10.4 Å². The fraction of sp³-hybridized carbons (Fsp3) is 0.400. The van der Waals surface area contributed by atoms with Gasteiger partial charge in [0.05, 0.1) is 0 Å². The summed E-state index contributed by atoms with van der Waals surface area (Å²) in [5, 5.41) is 13.3. The minimum absolute atomic E-state index is 0.00554. The van der Waals surface area contributed by atoms with Crippen LogP contribution in [0.15, 0.2) is 12.1 Å². The van der Waals surface area contributed by atoms with Gasteiger partial charge in [-0.15, -0.1) is 0 Å². The van der Waals surface area contributed by atoms with E-state index in [9.17, 15) is 14.4 Å². The Bertz CT molecular complexity index is 544. The van der Waals surface area contributed by atoms with E-state index in [2.05, 4.69) is 10.6 Å². The third kappa shape index (κ3) is 5.64. The van der Waals surface area contributed by atoms with E-state index in [1.54, 1.807) is 0 Å². The number of aliphatic carboxylic acids is 1. The number of rotatable bonds is 5. The molecule has 0 atom stereocenters. The van der Waals surface area contributed by atoms with E-state index in [4.69, 9.17) is 5.11 Å². The molecule has 0 fully saturated rings. The molecule has 3 amide bonds. The number of anilines is 1. The van der Waals surface area contributed by atoms with Gasteiger partial charge in [-0.05, 0) is 38.3 Å². The quantitative estimate of drug-likeness (QED) is 0.777. The van der Waals surface area contributed by atoms with Gasteiger partial charge in [-0.1, -0.05) is 17.7 Å². The van der Waals surface area contributed by atoms with Gasteiger partial charge in [0.1, 0.15) is 0 Å². The third-order valence-electron chi connectivity index (χ3n) is 2.96. The number of carboxylic acid groups (broad SMARTS) is 1. The highest BCUT2D eigenvalue weighted by atomic mass is 16.4. The molecule has 1 aromatic rings. The summed E-state index contributed by atoms with van der Waals surface area (Å²) in [6.45, 7) is 5.73. The second-order valence-electron chi connectivity index (χ2n) is 5.02. The highest BCUT2D eigenvalue weighted by Crippen LogP contribution is 2.21. The van der Waals surface area contributed by atoms with Crippen molar-refractivity contribution in [2.45, 2.75) is 40.0 Å². The van der Waals surface area contributed by atoms with Crippen molar-refractivity contribution < 1.29 is 19.5 Å². The molecular weight excluding hydrogens is 272 g/mol. The maximum atomic E-state index is 11.7. The van der Waals surface area contributed by atoms with Gasteiger partial charge in [-0.2, -0.15) is 0 Å². The molecule has 6 nitrogen and oxygen atoms in total. The molecule has 0 saturated heterocycles. The fourth-order valence-electron chi connectivity index (χ4n) is 2.11. The Kier molecular flexibility index (Phi) is 5.90. The molecule has 0 saturated carbocycles. The number of aryl methyl sites for hydroxylation is 3. The summed E-state index contributed by atoms with van der Waals surface area (Å²) < 4.78 is 0. The zero-order valence-corrected chi connectivity index (χ0v) is 12.4. The van der Waals surface area contributed by atoms with Crippen LogP contribution in [0.25, 0.3) is 0 Å². The number of imide groups is 1. The van der Waals surface area contributed by atoms with Crippen LogP contribution < -0.4 is 10.6 Å². The molecule has 0 spiro atoms. The summed E-state index contributed by atoms with van der Waals surface area (Å²) in [7, 11) is 0. The number of carboxylic acids is 1. The lowest BCUT2D eigenvalue weighted by atomic mass is 10.1. The minimum Gasteiger partial charge on any atom is -0.481 e. The zero-order chi connectivity index (χ0) is 16.0. The lowest BCUT2D eigenvalue weighted by Crippen LogP contribution is -2.34. The number of carbonyl (C=O) groups excluding carboxylic acids is 2. The van der Waals surface area contributed by atoms with Crippen LogP contribution in [0.3, 0.4) is 0 Å². The second-order valence-corrected chi connectivity index (χ2v) is 5.02. The first kappa shape index (κ1) is 16.7. The summed E-state index contributed by atoms with van der Waals surface area (Å²) in [5.74, 6) is -1.45. The SMILES string of the molecule is Cc1cc(C)c(NC(=O)NC(=O)CCCC(=O)O)c(C)c1.